The Kier molecular flexibility index (Phi) is 7.66. The van der Waals surface area contributed by atoms with Crippen LogP contribution in [0.3, 0.4) is 0 Å². The fourth-order valence-electron chi connectivity index (χ4n) is 6.80. The van der Waals surface area contributed by atoms with Crippen LogP contribution in [-0.4, -0.2) is 55.6 Å². The highest BCUT2D eigenvalue weighted by atomic mass is 16.7. The van der Waals surface area contributed by atoms with Crippen molar-refractivity contribution in [2.75, 3.05) is 13.2 Å². The summed E-state index contributed by atoms with van der Waals surface area (Å²) in [7, 11) is 0. The zero-order valence-electron chi connectivity index (χ0n) is 22.0. The first-order valence-corrected chi connectivity index (χ1v) is 14.0. The summed E-state index contributed by atoms with van der Waals surface area (Å²) in [5, 5.41) is 0. The molecule has 0 bridgehead atoms. The van der Waals surface area contributed by atoms with Gasteiger partial charge in [0.05, 0.1) is 63.1 Å². The highest BCUT2D eigenvalue weighted by Crippen LogP contribution is 2.50. The Morgan fingerprint density at radius 3 is 1.54 bits per heavy atom. The van der Waals surface area contributed by atoms with E-state index in [0.29, 0.717) is 38.3 Å². The summed E-state index contributed by atoms with van der Waals surface area (Å²) in [6.07, 6.45) is 3.84. The van der Waals surface area contributed by atoms with E-state index < -0.39 is 5.79 Å². The first-order valence-electron chi connectivity index (χ1n) is 14.0. The van der Waals surface area contributed by atoms with Gasteiger partial charge in [-0.25, -0.2) is 0 Å². The molecule has 6 heteroatoms. The molecule has 0 N–H and O–H groups in total. The van der Waals surface area contributed by atoms with Gasteiger partial charge in [-0.3, -0.25) is 0 Å². The molecule has 0 saturated carbocycles. The van der Waals surface area contributed by atoms with Crippen LogP contribution in [0.25, 0.3) is 0 Å². The van der Waals surface area contributed by atoms with Gasteiger partial charge in [0.1, 0.15) is 0 Å². The monoisotopic (exact) mass is 508 g/mol. The average molecular weight is 509 g/mol. The molecule has 2 aromatic carbocycles. The molecule has 4 aliphatic heterocycles. The first-order chi connectivity index (χ1) is 18.1. The molecule has 0 unspecified atom stereocenters. The molecule has 37 heavy (non-hydrogen) atoms. The number of hydrogen-bond donors (Lipinski definition) is 0. The van der Waals surface area contributed by atoms with E-state index in [9.17, 15) is 0 Å². The molecule has 4 saturated heterocycles. The van der Waals surface area contributed by atoms with Gasteiger partial charge in [0, 0.05) is 25.7 Å². The van der Waals surface area contributed by atoms with E-state index in [2.05, 4.69) is 38.1 Å². The number of rotatable bonds is 8. The minimum Gasteiger partial charge on any atom is -0.374 e. The van der Waals surface area contributed by atoms with Crippen LogP contribution < -0.4 is 0 Å². The lowest BCUT2D eigenvalue weighted by atomic mass is 9.80. The van der Waals surface area contributed by atoms with Crippen molar-refractivity contribution in [3.63, 3.8) is 0 Å². The highest BCUT2D eigenvalue weighted by molar-refractivity contribution is 5.14. The summed E-state index contributed by atoms with van der Waals surface area (Å²) in [4.78, 5) is 0. The van der Waals surface area contributed by atoms with Gasteiger partial charge in [-0.1, -0.05) is 74.5 Å². The maximum absolute atomic E-state index is 6.77. The Morgan fingerprint density at radius 2 is 1.11 bits per heavy atom. The third-order valence-corrected chi connectivity index (χ3v) is 8.37. The fourth-order valence-corrected chi connectivity index (χ4v) is 6.80. The molecule has 0 amide bonds. The smallest absolute Gasteiger partial charge is 0.170 e. The van der Waals surface area contributed by atoms with Crippen LogP contribution in [0.1, 0.15) is 50.7 Å². The van der Waals surface area contributed by atoms with Gasteiger partial charge in [-0.05, 0) is 23.0 Å². The summed E-state index contributed by atoms with van der Waals surface area (Å²) in [6.45, 7) is 6.95. The largest absolute Gasteiger partial charge is 0.374 e. The zero-order valence-corrected chi connectivity index (χ0v) is 22.0. The van der Waals surface area contributed by atoms with Crippen LogP contribution in [-0.2, 0) is 41.6 Å². The Balaban J connectivity index is 1.01. The summed E-state index contributed by atoms with van der Waals surface area (Å²) >= 11 is 0. The molecule has 0 radical (unpaired) electrons. The minimum absolute atomic E-state index is 0.0464. The highest BCUT2D eigenvalue weighted by Gasteiger charge is 2.57. The van der Waals surface area contributed by atoms with Crippen LogP contribution >= 0.6 is 0 Å². The second kappa shape index (κ2) is 11.1. The second-order valence-electron chi connectivity index (χ2n) is 11.5. The van der Waals surface area contributed by atoms with Crippen LogP contribution in [0.15, 0.2) is 60.7 Å². The lowest BCUT2D eigenvalue weighted by molar-refractivity contribution is -0.346. The maximum atomic E-state index is 6.77. The standard InChI is InChI=1S/C31H40O6/c1-21-15-31(36-27-13-25(34-29(21)27)19-32-17-23-9-5-3-6-10-23)16-22(2)30-28(37-31)14-26(35-30)20-33-18-24-11-7-4-8-12-24/h3-12,21-22,25-30H,13-20H2,1-2H3/t21-,22-,25-,26-,27-,28-,29-,30-,31?/m0/s1. The van der Waals surface area contributed by atoms with Crippen LogP contribution in [0, 0.1) is 11.8 Å². The Labute approximate surface area is 220 Å². The third kappa shape index (κ3) is 5.80. The van der Waals surface area contributed by atoms with Crippen molar-refractivity contribution in [1.82, 2.24) is 0 Å². The van der Waals surface area contributed by atoms with Gasteiger partial charge >= 0.3 is 0 Å². The van der Waals surface area contributed by atoms with E-state index in [1.54, 1.807) is 0 Å². The van der Waals surface area contributed by atoms with E-state index in [1.807, 2.05) is 36.4 Å². The average Bonchev–Trinajstić information content (AvgIpc) is 3.49. The normalized spacial score (nSPS) is 39.0. The Hall–Kier alpha value is -1.80. The summed E-state index contributed by atoms with van der Waals surface area (Å²) in [5.74, 6) is 0.191. The van der Waals surface area contributed by atoms with Gasteiger partial charge in [0.25, 0.3) is 0 Å². The molecule has 0 aliphatic carbocycles. The van der Waals surface area contributed by atoms with E-state index in [0.717, 1.165) is 25.7 Å². The molecular weight excluding hydrogens is 468 g/mol. The summed E-state index contributed by atoms with van der Waals surface area (Å²) < 4.78 is 38.3. The van der Waals surface area contributed by atoms with Crippen molar-refractivity contribution in [2.45, 2.75) is 95.2 Å². The van der Waals surface area contributed by atoms with Gasteiger partial charge in [0.2, 0.25) is 0 Å². The molecule has 200 valence electrons. The lowest BCUT2D eigenvalue weighted by Crippen LogP contribution is -2.58. The van der Waals surface area contributed by atoms with Crippen molar-refractivity contribution in [3.8, 4) is 0 Å². The van der Waals surface area contributed by atoms with Crippen molar-refractivity contribution in [1.29, 1.82) is 0 Å². The number of benzene rings is 2. The molecule has 0 aromatic heterocycles. The van der Waals surface area contributed by atoms with Crippen LogP contribution in [0.5, 0.6) is 0 Å². The van der Waals surface area contributed by atoms with Crippen molar-refractivity contribution in [2.24, 2.45) is 11.8 Å². The van der Waals surface area contributed by atoms with Gasteiger partial charge in [0.15, 0.2) is 5.79 Å². The van der Waals surface area contributed by atoms with E-state index in [-0.39, 0.29) is 36.6 Å². The quantitative estimate of drug-likeness (QED) is 0.484. The maximum Gasteiger partial charge on any atom is 0.170 e. The fraction of sp³-hybridized carbons (Fsp3) is 0.613. The number of hydrogen-bond acceptors (Lipinski definition) is 6. The predicted octanol–water partition coefficient (Wildman–Crippen LogP) is 5.28. The molecule has 4 aliphatic rings. The molecule has 6 rings (SSSR count). The SMILES string of the molecule is C[C@H]1CC2(C[C@H](C)[C@@H]3O[C@H](COCc4ccccc4)C[C@@H]3O2)O[C@H]2C[C@@H](COCc3ccccc3)O[C@H]21. The number of ether oxygens (including phenoxy) is 6. The Morgan fingerprint density at radius 1 is 0.676 bits per heavy atom. The molecular formula is C31H40O6. The predicted molar refractivity (Wildman–Crippen MR) is 139 cm³/mol. The first kappa shape index (κ1) is 25.5. The van der Waals surface area contributed by atoms with Gasteiger partial charge in [-0.2, -0.15) is 0 Å². The number of fused-ring (bicyclic) bond motifs is 2. The van der Waals surface area contributed by atoms with Crippen molar-refractivity contribution < 1.29 is 28.4 Å². The van der Waals surface area contributed by atoms with E-state index in [1.165, 1.54) is 11.1 Å². The molecule has 1 spiro atoms. The molecule has 2 aromatic rings. The zero-order chi connectivity index (χ0) is 25.2. The van der Waals surface area contributed by atoms with E-state index >= 15 is 0 Å². The minimum atomic E-state index is -0.548. The molecule has 6 nitrogen and oxygen atoms in total. The van der Waals surface area contributed by atoms with Gasteiger partial charge in [-0.15, -0.1) is 0 Å². The second-order valence-corrected chi connectivity index (χ2v) is 11.5. The van der Waals surface area contributed by atoms with Crippen LogP contribution in [0.2, 0.25) is 0 Å². The van der Waals surface area contributed by atoms with E-state index in [4.69, 9.17) is 28.4 Å². The molecule has 8 atom stereocenters. The third-order valence-electron chi connectivity index (χ3n) is 8.37. The van der Waals surface area contributed by atoms with Crippen molar-refractivity contribution >= 4 is 0 Å². The van der Waals surface area contributed by atoms with Gasteiger partial charge < -0.3 is 28.4 Å². The molecule has 4 fully saturated rings. The summed E-state index contributed by atoms with van der Waals surface area (Å²) in [5.41, 5.74) is 2.37. The summed E-state index contributed by atoms with van der Waals surface area (Å²) in [6, 6.07) is 20.6. The Bertz CT molecular complexity index is 918. The van der Waals surface area contributed by atoms with Crippen LogP contribution in [0.4, 0.5) is 0 Å². The van der Waals surface area contributed by atoms with Crippen molar-refractivity contribution in [3.05, 3.63) is 71.8 Å². The molecule has 4 heterocycles. The topological polar surface area (TPSA) is 55.4 Å². The lowest BCUT2D eigenvalue weighted by Gasteiger charge is -2.51.